The van der Waals surface area contributed by atoms with E-state index < -0.39 is 15.9 Å². The summed E-state index contributed by atoms with van der Waals surface area (Å²) in [6.45, 7) is 0.853. The van der Waals surface area contributed by atoms with Crippen molar-refractivity contribution < 1.29 is 17.9 Å². The van der Waals surface area contributed by atoms with Gasteiger partial charge in [-0.2, -0.15) is 0 Å². The minimum atomic E-state index is -3.79. The second-order valence-corrected chi connectivity index (χ2v) is 6.87. The Morgan fingerprint density at radius 2 is 2.19 bits per heavy atom. The Labute approximate surface area is 132 Å². The van der Waals surface area contributed by atoms with Crippen molar-refractivity contribution in [1.29, 1.82) is 0 Å². The van der Waals surface area contributed by atoms with E-state index in [4.69, 9.17) is 27.9 Å². The Hall–Kier alpha value is -0.860. The molecule has 0 aliphatic carbocycles. The van der Waals surface area contributed by atoms with Gasteiger partial charge in [-0.3, -0.25) is 4.79 Å². The molecular weight excluding hydrogens is 339 g/mol. The van der Waals surface area contributed by atoms with Crippen molar-refractivity contribution in [3.8, 4) is 0 Å². The Bertz CT molecular complexity index is 630. The van der Waals surface area contributed by atoms with Gasteiger partial charge in [0.15, 0.2) is 0 Å². The first-order valence-electron chi connectivity index (χ1n) is 6.18. The summed E-state index contributed by atoms with van der Waals surface area (Å²) in [6.07, 6.45) is 0.611. The van der Waals surface area contributed by atoms with Crippen LogP contribution in [0.3, 0.4) is 0 Å². The third-order valence-corrected chi connectivity index (χ3v) is 5.12. The lowest BCUT2D eigenvalue weighted by Crippen LogP contribution is -2.35. The highest BCUT2D eigenvalue weighted by molar-refractivity contribution is 7.89. The maximum Gasteiger partial charge on any atom is 0.242 e. The fourth-order valence-electron chi connectivity index (χ4n) is 1.89. The second-order valence-electron chi connectivity index (χ2n) is 4.51. The number of alkyl halides is 1. The van der Waals surface area contributed by atoms with E-state index in [9.17, 15) is 13.2 Å². The quantitative estimate of drug-likeness (QED) is 0.788. The van der Waals surface area contributed by atoms with Crippen LogP contribution in [0.5, 0.6) is 0 Å². The van der Waals surface area contributed by atoms with Gasteiger partial charge >= 0.3 is 0 Å². The summed E-state index contributed by atoms with van der Waals surface area (Å²) in [6, 6.07) is 3.94. The van der Waals surface area contributed by atoms with Crippen LogP contribution in [0.25, 0.3) is 0 Å². The highest BCUT2D eigenvalue weighted by Crippen LogP contribution is 2.25. The molecule has 1 aliphatic heterocycles. The molecule has 1 amide bonds. The summed E-state index contributed by atoms with van der Waals surface area (Å²) in [4.78, 5) is 11.2. The van der Waals surface area contributed by atoms with Crippen LogP contribution in [-0.4, -0.2) is 39.5 Å². The molecule has 0 aromatic heterocycles. The maximum atomic E-state index is 12.3. The normalized spacial score (nSPS) is 18.7. The van der Waals surface area contributed by atoms with E-state index in [1.54, 1.807) is 0 Å². The zero-order valence-corrected chi connectivity index (χ0v) is 13.3. The number of sulfonamides is 1. The molecule has 1 aromatic carbocycles. The first kappa shape index (κ1) is 16.5. The molecular formula is C12H14Cl2N2O4S. The van der Waals surface area contributed by atoms with E-state index >= 15 is 0 Å². The molecule has 1 saturated heterocycles. The van der Waals surface area contributed by atoms with Crippen LogP contribution < -0.4 is 10.0 Å². The number of ether oxygens (including phenoxy) is 1. The van der Waals surface area contributed by atoms with Gasteiger partial charge in [0, 0.05) is 18.3 Å². The van der Waals surface area contributed by atoms with Crippen LogP contribution in [0, 0.1) is 0 Å². The number of hydrogen-bond acceptors (Lipinski definition) is 4. The number of nitrogens with one attached hydrogen (secondary N) is 2. The summed E-state index contributed by atoms with van der Waals surface area (Å²) in [5.41, 5.74) is 0.313. The van der Waals surface area contributed by atoms with Crippen LogP contribution in [-0.2, 0) is 19.6 Å². The first-order chi connectivity index (χ1) is 9.92. The minimum absolute atomic E-state index is 0.0743. The maximum absolute atomic E-state index is 12.3. The summed E-state index contributed by atoms with van der Waals surface area (Å²) < 4.78 is 32.3. The number of benzene rings is 1. The lowest BCUT2D eigenvalue weighted by Gasteiger charge is -2.13. The van der Waals surface area contributed by atoms with Crippen molar-refractivity contribution >= 4 is 44.8 Å². The lowest BCUT2D eigenvalue weighted by molar-refractivity contribution is -0.113. The van der Waals surface area contributed by atoms with Gasteiger partial charge in [0.05, 0.1) is 11.6 Å². The highest BCUT2D eigenvalue weighted by Gasteiger charge is 2.25. The van der Waals surface area contributed by atoms with Crippen molar-refractivity contribution in [2.24, 2.45) is 0 Å². The number of carbonyl (C=O) groups is 1. The molecule has 21 heavy (non-hydrogen) atoms. The van der Waals surface area contributed by atoms with Crippen LogP contribution in [0.15, 0.2) is 23.1 Å². The molecule has 1 aliphatic rings. The third-order valence-electron chi connectivity index (χ3n) is 2.88. The van der Waals surface area contributed by atoms with E-state index in [-0.39, 0.29) is 21.8 Å². The van der Waals surface area contributed by atoms with E-state index in [2.05, 4.69) is 10.0 Å². The molecule has 1 aromatic rings. The second kappa shape index (κ2) is 6.93. The number of amides is 1. The number of carbonyl (C=O) groups excluding carboxylic acids is 1. The van der Waals surface area contributed by atoms with Crippen molar-refractivity contribution in [2.75, 3.05) is 24.4 Å². The van der Waals surface area contributed by atoms with Crippen molar-refractivity contribution in [1.82, 2.24) is 4.72 Å². The van der Waals surface area contributed by atoms with Gasteiger partial charge in [-0.1, -0.05) is 11.6 Å². The van der Waals surface area contributed by atoms with E-state index in [0.717, 1.165) is 0 Å². The topological polar surface area (TPSA) is 84.5 Å². The first-order valence-corrected chi connectivity index (χ1v) is 8.57. The standard InChI is InChI=1S/C12H14Cl2N2O4S/c13-6-12(17)15-8-1-2-10(14)11(5-8)21(18,19)16-9-3-4-20-7-9/h1-2,5,9,16H,3-4,6-7H2,(H,15,17). The SMILES string of the molecule is O=C(CCl)Nc1ccc(Cl)c(S(=O)(=O)NC2CCOC2)c1. The van der Waals surface area contributed by atoms with E-state index in [0.29, 0.717) is 25.3 Å². The molecule has 1 atom stereocenters. The molecule has 0 bridgehead atoms. The summed E-state index contributed by atoms with van der Waals surface area (Å²) in [7, 11) is -3.79. The molecule has 1 fully saturated rings. The van der Waals surface area contributed by atoms with Crippen molar-refractivity contribution in [3.05, 3.63) is 23.2 Å². The van der Waals surface area contributed by atoms with Gasteiger partial charge in [0.1, 0.15) is 10.8 Å². The molecule has 1 unspecified atom stereocenters. The van der Waals surface area contributed by atoms with E-state index in [1.165, 1.54) is 18.2 Å². The van der Waals surface area contributed by atoms with Crippen molar-refractivity contribution in [2.45, 2.75) is 17.4 Å². The van der Waals surface area contributed by atoms with Gasteiger partial charge in [-0.05, 0) is 24.6 Å². The Kier molecular flexibility index (Phi) is 5.45. The molecule has 6 nitrogen and oxygen atoms in total. The van der Waals surface area contributed by atoms with Gasteiger partial charge in [0.2, 0.25) is 15.9 Å². The average Bonchev–Trinajstić information content (AvgIpc) is 2.92. The molecule has 116 valence electrons. The number of anilines is 1. The Balaban J connectivity index is 2.24. The largest absolute Gasteiger partial charge is 0.380 e. The summed E-state index contributed by atoms with van der Waals surface area (Å²) >= 11 is 11.3. The zero-order chi connectivity index (χ0) is 15.5. The minimum Gasteiger partial charge on any atom is -0.380 e. The lowest BCUT2D eigenvalue weighted by atomic mass is 10.3. The zero-order valence-electron chi connectivity index (χ0n) is 10.9. The molecule has 2 rings (SSSR count). The summed E-state index contributed by atoms with van der Waals surface area (Å²) in [5.74, 6) is -0.651. The van der Waals surface area contributed by atoms with Crippen LogP contribution in [0.4, 0.5) is 5.69 Å². The summed E-state index contributed by atoms with van der Waals surface area (Å²) in [5, 5.41) is 2.55. The Morgan fingerprint density at radius 3 is 2.81 bits per heavy atom. The predicted molar refractivity (Wildman–Crippen MR) is 80.3 cm³/mol. The number of halogens is 2. The molecule has 0 spiro atoms. The number of hydrogen-bond donors (Lipinski definition) is 2. The fourth-order valence-corrected chi connectivity index (χ4v) is 3.74. The monoisotopic (exact) mass is 352 g/mol. The van der Waals surface area contributed by atoms with Crippen LogP contribution in [0.2, 0.25) is 5.02 Å². The molecule has 9 heteroatoms. The highest BCUT2D eigenvalue weighted by atomic mass is 35.5. The smallest absolute Gasteiger partial charge is 0.242 e. The Morgan fingerprint density at radius 1 is 1.43 bits per heavy atom. The molecule has 2 N–H and O–H groups in total. The molecule has 1 heterocycles. The van der Waals surface area contributed by atoms with Gasteiger partial charge in [-0.15, -0.1) is 11.6 Å². The van der Waals surface area contributed by atoms with E-state index in [1.807, 2.05) is 0 Å². The predicted octanol–water partition coefficient (Wildman–Crippen LogP) is 1.58. The van der Waals surface area contributed by atoms with Crippen molar-refractivity contribution in [3.63, 3.8) is 0 Å². The van der Waals surface area contributed by atoms with Gasteiger partial charge < -0.3 is 10.1 Å². The average molecular weight is 353 g/mol. The van der Waals surface area contributed by atoms with Gasteiger partial charge in [0.25, 0.3) is 0 Å². The third kappa shape index (κ3) is 4.31. The number of rotatable bonds is 5. The fraction of sp³-hybridized carbons (Fsp3) is 0.417. The molecule has 0 saturated carbocycles. The van der Waals surface area contributed by atoms with Crippen LogP contribution in [0.1, 0.15) is 6.42 Å². The van der Waals surface area contributed by atoms with Gasteiger partial charge in [-0.25, -0.2) is 13.1 Å². The molecule has 0 radical (unpaired) electrons. The van der Waals surface area contributed by atoms with Crippen LogP contribution >= 0.6 is 23.2 Å².